The van der Waals surface area contributed by atoms with E-state index in [9.17, 15) is 0 Å². The first-order valence-electron chi connectivity index (χ1n) is 6.05. The highest BCUT2D eigenvalue weighted by Crippen LogP contribution is 2.31. The Morgan fingerprint density at radius 3 is 2.86 bits per heavy atom. The fourth-order valence-corrected chi connectivity index (χ4v) is 2.19. The average Bonchev–Trinajstić information content (AvgIpc) is 2.18. The first-order valence-corrected chi connectivity index (χ1v) is 6.05. The van der Waals surface area contributed by atoms with Gasteiger partial charge in [-0.25, -0.2) is 0 Å². The normalized spacial score (nSPS) is 28.1. The van der Waals surface area contributed by atoms with E-state index in [2.05, 4.69) is 39.0 Å². The number of rotatable bonds is 4. The topological polar surface area (TPSA) is 0 Å². The van der Waals surface area contributed by atoms with Gasteiger partial charge in [0.1, 0.15) is 0 Å². The Hall–Kier alpha value is -0.520. The lowest BCUT2D eigenvalue weighted by atomic mass is 9.81. The Bertz CT molecular complexity index is 210. The van der Waals surface area contributed by atoms with Crippen molar-refractivity contribution in [2.24, 2.45) is 11.8 Å². The summed E-state index contributed by atoms with van der Waals surface area (Å²) in [4.78, 5) is 0. The Morgan fingerprint density at radius 2 is 2.21 bits per heavy atom. The van der Waals surface area contributed by atoms with Gasteiger partial charge in [0, 0.05) is 0 Å². The second-order valence-electron chi connectivity index (χ2n) is 4.64. The third-order valence-electron chi connectivity index (χ3n) is 3.38. The van der Waals surface area contributed by atoms with Crippen LogP contribution in [-0.2, 0) is 0 Å². The number of hydrogen-bond acceptors (Lipinski definition) is 0. The summed E-state index contributed by atoms with van der Waals surface area (Å²) in [6, 6.07) is 0. The Kier molecular flexibility index (Phi) is 5.00. The van der Waals surface area contributed by atoms with E-state index in [1.54, 1.807) is 5.57 Å². The average molecular weight is 192 g/mol. The van der Waals surface area contributed by atoms with E-state index in [-0.39, 0.29) is 0 Å². The predicted molar refractivity (Wildman–Crippen MR) is 64.3 cm³/mol. The maximum absolute atomic E-state index is 2.45. The lowest BCUT2D eigenvalue weighted by Crippen LogP contribution is -2.12. The van der Waals surface area contributed by atoms with E-state index < -0.39 is 0 Å². The summed E-state index contributed by atoms with van der Waals surface area (Å²) in [5, 5.41) is 0. The summed E-state index contributed by atoms with van der Waals surface area (Å²) in [5.74, 6) is 1.76. The van der Waals surface area contributed by atoms with Crippen LogP contribution >= 0.6 is 0 Å². The zero-order valence-corrected chi connectivity index (χ0v) is 9.92. The highest BCUT2D eigenvalue weighted by Gasteiger charge is 2.17. The maximum atomic E-state index is 2.45. The molecule has 0 spiro atoms. The first-order chi connectivity index (χ1) is 6.74. The zero-order valence-electron chi connectivity index (χ0n) is 9.92. The van der Waals surface area contributed by atoms with Crippen molar-refractivity contribution in [2.45, 2.75) is 52.9 Å². The van der Waals surface area contributed by atoms with Crippen LogP contribution in [-0.4, -0.2) is 0 Å². The van der Waals surface area contributed by atoms with Crippen molar-refractivity contribution in [1.29, 1.82) is 0 Å². The molecule has 0 aromatic rings. The van der Waals surface area contributed by atoms with Gasteiger partial charge in [0.15, 0.2) is 0 Å². The van der Waals surface area contributed by atoms with E-state index in [1.807, 2.05) is 0 Å². The van der Waals surface area contributed by atoms with E-state index in [4.69, 9.17) is 0 Å². The van der Waals surface area contributed by atoms with Crippen LogP contribution < -0.4 is 0 Å². The van der Waals surface area contributed by atoms with Crippen molar-refractivity contribution in [3.05, 3.63) is 23.8 Å². The standard InChI is InChI=1S/C14H24/c1-4-5-6-7-8-14-10-9-12(2)13(3)11-14/h5-6,9,13-14H,4,7-8,10-11H2,1-3H3/b6-5-. The van der Waals surface area contributed by atoms with Crippen LogP contribution in [0, 0.1) is 11.8 Å². The summed E-state index contributed by atoms with van der Waals surface area (Å²) in [7, 11) is 0. The van der Waals surface area contributed by atoms with Crippen LogP contribution in [0.3, 0.4) is 0 Å². The molecule has 80 valence electrons. The van der Waals surface area contributed by atoms with Gasteiger partial charge in [0.05, 0.1) is 0 Å². The molecular formula is C14H24. The second kappa shape index (κ2) is 6.06. The molecule has 1 aliphatic rings. The van der Waals surface area contributed by atoms with Crippen molar-refractivity contribution in [3.63, 3.8) is 0 Å². The molecule has 0 heteroatoms. The van der Waals surface area contributed by atoms with Crippen molar-refractivity contribution in [2.75, 3.05) is 0 Å². The Labute approximate surface area is 89.1 Å². The molecule has 0 saturated heterocycles. The minimum atomic E-state index is 0.823. The van der Waals surface area contributed by atoms with Gasteiger partial charge in [-0.15, -0.1) is 0 Å². The van der Waals surface area contributed by atoms with E-state index in [0.717, 1.165) is 11.8 Å². The first kappa shape index (κ1) is 11.6. The van der Waals surface area contributed by atoms with Crippen LogP contribution in [0.1, 0.15) is 52.9 Å². The van der Waals surface area contributed by atoms with Gasteiger partial charge in [-0.3, -0.25) is 0 Å². The largest absolute Gasteiger partial charge is 0.0888 e. The molecule has 2 atom stereocenters. The molecule has 0 aromatic carbocycles. The van der Waals surface area contributed by atoms with Crippen molar-refractivity contribution in [1.82, 2.24) is 0 Å². The SMILES string of the molecule is CC/C=C\CCC1CC=C(C)C(C)C1. The lowest BCUT2D eigenvalue weighted by Gasteiger charge is -2.25. The molecular weight excluding hydrogens is 168 g/mol. The second-order valence-corrected chi connectivity index (χ2v) is 4.64. The van der Waals surface area contributed by atoms with Crippen LogP contribution in [0.4, 0.5) is 0 Å². The summed E-state index contributed by atoms with van der Waals surface area (Å²) < 4.78 is 0. The molecule has 2 unspecified atom stereocenters. The minimum absolute atomic E-state index is 0.823. The third-order valence-corrected chi connectivity index (χ3v) is 3.38. The minimum Gasteiger partial charge on any atom is -0.0888 e. The van der Waals surface area contributed by atoms with Crippen molar-refractivity contribution < 1.29 is 0 Å². The third kappa shape index (κ3) is 3.69. The van der Waals surface area contributed by atoms with Crippen molar-refractivity contribution >= 4 is 0 Å². The van der Waals surface area contributed by atoms with Gasteiger partial charge in [-0.2, -0.15) is 0 Å². The van der Waals surface area contributed by atoms with Gasteiger partial charge in [-0.05, 0) is 50.9 Å². The predicted octanol–water partition coefficient (Wildman–Crippen LogP) is 4.73. The van der Waals surface area contributed by atoms with Gasteiger partial charge in [0.2, 0.25) is 0 Å². The van der Waals surface area contributed by atoms with Crippen LogP contribution in [0.15, 0.2) is 23.8 Å². The molecule has 0 bridgehead atoms. The molecule has 0 aromatic heterocycles. The summed E-state index contributed by atoms with van der Waals surface area (Å²) >= 11 is 0. The monoisotopic (exact) mass is 192 g/mol. The van der Waals surface area contributed by atoms with Gasteiger partial charge >= 0.3 is 0 Å². The van der Waals surface area contributed by atoms with Gasteiger partial charge in [-0.1, -0.05) is 37.6 Å². The highest BCUT2D eigenvalue weighted by molar-refractivity contribution is 5.07. The molecule has 1 rings (SSSR count). The fourth-order valence-electron chi connectivity index (χ4n) is 2.19. The smallest absolute Gasteiger partial charge is 0.0232 e. The van der Waals surface area contributed by atoms with E-state index in [1.165, 1.54) is 32.1 Å². The van der Waals surface area contributed by atoms with Crippen LogP contribution in [0.5, 0.6) is 0 Å². The molecule has 14 heavy (non-hydrogen) atoms. The van der Waals surface area contributed by atoms with E-state index >= 15 is 0 Å². The molecule has 0 N–H and O–H groups in total. The molecule has 0 nitrogen and oxygen atoms in total. The molecule has 0 fully saturated rings. The fraction of sp³-hybridized carbons (Fsp3) is 0.714. The number of hydrogen-bond donors (Lipinski definition) is 0. The Morgan fingerprint density at radius 1 is 1.43 bits per heavy atom. The lowest BCUT2D eigenvalue weighted by molar-refractivity contribution is 0.380. The quantitative estimate of drug-likeness (QED) is 0.565. The molecule has 0 heterocycles. The molecule has 0 aliphatic heterocycles. The molecule has 0 radical (unpaired) electrons. The molecule has 1 aliphatic carbocycles. The van der Waals surface area contributed by atoms with Crippen LogP contribution in [0.25, 0.3) is 0 Å². The van der Waals surface area contributed by atoms with Crippen LogP contribution in [0.2, 0.25) is 0 Å². The maximum Gasteiger partial charge on any atom is -0.0232 e. The molecule has 0 amide bonds. The molecule has 0 saturated carbocycles. The van der Waals surface area contributed by atoms with Gasteiger partial charge in [0.25, 0.3) is 0 Å². The summed E-state index contributed by atoms with van der Waals surface area (Å²) in [6.07, 6.45) is 13.6. The van der Waals surface area contributed by atoms with Gasteiger partial charge < -0.3 is 0 Å². The van der Waals surface area contributed by atoms with Crippen molar-refractivity contribution in [3.8, 4) is 0 Å². The summed E-state index contributed by atoms with van der Waals surface area (Å²) in [5.41, 5.74) is 1.60. The zero-order chi connectivity index (χ0) is 10.4. The number of allylic oxidation sites excluding steroid dienone is 4. The summed E-state index contributed by atoms with van der Waals surface area (Å²) in [6.45, 7) is 6.84. The van der Waals surface area contributed by atoms with E-state index in [0.29, 0.717) is 0 Å². The highest BCUT2D eigenvalue weighted by atomic mass is 14.2. The Balaban J connectivity index is 2.24.